The zero-order valence-electron chi connectivity index (χ0n) is 56.4. The molecule has 0 bridgehead atoms. The number of allylic oxidation sites excluding steroid dienone is 9. The SMILES string of the molecule is CCCCCC/C=C\C/C=C\CCCCCCCC(=O)OCCCCCCCCCCC/C=C\C/C=C\CCCCCCCCCCCCCCCCCC(=O)NC(CO)C(O)/C=C/CCCCCCCCCCCCCCCCCCCC. The number of carbonyl (C=O) groups is 2. The second kappa shape index (κ2) is 73.0. The Bertz CT molecular complexity index is 1450. The van der Waals surface area contributed by atoms with Crippen LogP contribution in [0.2, 0.25) is 0 Å². The summed E-state index contributed by atoms with van der Waals surface area (Å²) < 4.78 is 5.49. The van der Waals surface area contributed by atoms with Gasteiger partial charge in [-0.1, -0.05) is 351 Å². The number of unbranched alkanes of at least 4 members (excludes halogenated alkanes) is 51. The lowest BCUT2D eigenvalue weighted by Crippen LogP contribution is -2.45. The lowest BCUT2D eigenvalue weighted by molar-refractivity contribution is -0.143. The summed E-state index contributed by atoms with van der Waals surface area (Å²) in [5.74, 6) is -0.0649. The van der Waals surface area contributed by atoms with E-state index in [0.29, 0.717) is 19.4 Å². The highest BCUT2D eigenvalue weighted by Gasteiger charge is 2.18. The van der Waals surface area contributed by atoms with E-state index in [4.69, 9.17) is 4.74 Å². The standard InChI is InChI=1S/C78H145NO5/c1-3-5-7-9-11-13-15-17-19-21-22-36-39-42-46-50-54-58-62-66-70-76(81)75(74-80)79-77(82)71-67-63-59-55-51-47-43-40-37-34-32-30-28-26-24-23-25-27-29-31-33-35-38-41-45-49-53-57-61-65-69-73-84-78(83)72-68-64-60-56-52-48-44-20-18-16-14-12-10-8-6-4-2/h14,16,20,25,27,31,33,44,66,70,75-76,80-81H,3-13,15,17-19,21-24,26,28-30,32,34-43,45-65,67-69,71-74H2,1-2H3,(H,79,82)/b16-14-,27-25-,33-31-,44-20-,70-66+. The number of hydrogen-bond donors (Lipinski definition) is 3. The Morgan fingerprint density at radius 1 is 0.333 bits per heavy atom. The number of aliphatic hydroxyl groups excluding tert-OH is 2. The minimum Gasteiger partial charge on any atom is -0.466 e. The Hall–Kier alpha value is -2.44. The third-order valence-corrected chi connectivity index (χ3v) is 17.3. The summed E-state index contributed by atoms with van der Waals surface area (Å²) in [5.41, 5.74) is 0. The molecule has 0 saturated heterocycles. The molecule has 0 aromatic heterocycles. The molecule has 0 spiro atoms. The van der Waals surface area contributed by atoms with E-state index >= 15 is 0 Å². The summed E-state index contributed by atoms with van der Waals surface area (Å²) in [7, 11) is 0. The number of ether oxygens (including phenoxy) is 1. The van der Waals surface area contributed by atoms with Gasteiger partial charge in [0.05, 0.1) is 25.4 Å². The molecular formula is C78H145NO5. The molecule has 0 aliphatic heterocycles. The number of nitrogens with one attached hydrogen (secondary N) is 1. The number of carbonyl (C=O) groups excluding carboxylic acids is 2. The number of amides is 1. The lowest BCUT2D eigenvalue weighted by atomic mass is 10.0. The van der Waals surface area contributed by atoms with Crippen LogP contribution in [0.4, 0.5) is 0 Å². The number of aliphatic hydroxyl groups is 2. The molecule has 2 unspecified atom stereocenters. The normalized spacial score (nSPS) is 12.9. The molecule has 0 radical (unpaired) electrons. The number of esters is 1. The molecule has 84 heavy (non-hydrogen) atoms. The predicted molar refractivity (Wildman–Crippen MR) is 370 cm³/mol. The molecule has 3 N–H and O–H groups in total. The van der Waals surface area contributed by atoms with Gasteiger partial charge in [0.1, 0.15) is 0 Å². The van der Waals surface area contributed by atoms with Crippen molar-refractivity contribution < 1.29 is 24.5 Å². The topological polar surface area (TPSA) is 95.9 Å². The van der Waals surface area contributed by atoms with Crippen molar-refractivity contribution in [1.82, 2.24) is 5.32 Å². The average molecular weight is 1180 g/mol. The van der Waals surface area contributed by atoms with Crippen molar-refractivity contribution in [3.63, 3.8) is 0 Å². The maximum absolute atomic E-state index is 12.5. The molecule has 0 saturated carbocycles. The van der Waals surface area contributed by atoms with Crippen molar-refractivity contribution in [3.05, 3.63) is 60.8 Å². The minimum absolute atomic E-state index is 0.000560. The summed E-state index contributed by atoms with van der Waals surface area (Å²) >= 11 is 0. The first-order chi connectivity index (χ1) is 41.5. The lowest BCUT2D eigenvalue weighted by Gasteiger charge is -2.20. The minimum atomic E-state index is -0.846. The fourth-order valence-corrected chi connectivity index (χ4v) is 11.5. The van der Waals surface area contributed by atoms with Crippen LogP contribution in [0.25, 0.3) is 0 Å². The van der Waals surface area contributed by atoms with E-state index in [2.05, 4.69) is 67.8 Å². The molecule has 6 heteroatoms. The summed E-state index contributed by atoms with van der Waals surface area (Å²) in [4.78, 5) is 24.6. The molecule has 0 fully saturated rings. The van der Waals surface area contributed by atoms with E-state index in [1.54, 1.807) is 6.08 Å². The van der Waals surface area contributed by atoms with E-state index in [1.165, 1.54) is 315 Å². The first kappa shape index (κ1) is 81.6. The Kier molecular flexibility index (Phi) is 70.9. The molecule has 0 aromatic rings. The Labute approximate surface area is 524 Å². The largest absolute Gasteiger partial charge is 0.466 e. The maximum Gasteiger partial charge on any atom is 0.305 e. The van der Waals surface area contributed by atoms with Crippen molar-refractivity contribution in [2.75, 3.05) is 13.2 Å². The zero-order chi connectivity index (χ0) is 60.6. The van der Waals surface area contributed by atoms with E-state index in [9.17, 15) is 19.8 Å². The third-order valence-electron chi connectivity index (χ3n) is 17.3. The fraction of sp³-hybridized carbons (Fsp3) is 0.846. The molecular weight excluding hydrogens is 1030 g/mol. The van der Waals surface area contributed by atoms with Gasteiger partial charge in [0.15, 0.2) is 0 Å². The smallest absolute Gasteiger partial charge is 0.305 e. The number of rotatable bonds is 70. The van der Waals surface area contributed by atoms with Gasteiger partial charge in [-0.05, 0) is 96.3 Å². The predicted octanol–water partition coefficient (Wildman–Crippen LogP) is 24.6. The third kappa shape index (κ3) is 68.7. The molecule has 0 heterocycles. The molecule has 0 aliphatic carbocycles. The van der Waals surface area contributed by atoms with Crippen LogP contribution in [0.3, 0.4) is 0 Å². The molecule has 0 aromatic carbocycles. The fourth-order valence-electron chi connectivity index (χ4n) is 11.5. The van der Waals surface area contributed by atoms with Gasteiger partial charge in [0, 0.05) is 12.8 Å². The summed E-state index contributed by atoms with van der Waals surface area (Å²) in [6.07, 6.45) is 97.4. The van der Waals surface area contributed by atoms with Crippen LogP contribution < -0.4 is 5.32 Å². The molecule has 6 nitrogen and oxygen atoms in total. The summed E-state index contributed by atoms with van der Waals surface area (Å²) in [5, 5.41) is 23.3. The second-order valence-corrected chi connectivity index (χ2v) is 25.6. The van der Waals surface area contributed by atoms with Gasteiger partial charge >= 0.3 is 5.97 Å². The average Bonchev–Trinajstić information content (AvgIpc) is 3.51. The molecule has 492 valence electrons. The molecule has 0 aliphatic rings. The van der Waals surface area contributed by atoms with Gasteiger partial charge < -0.3 is 20.3 Å². The van der Waals surface area contributed by atoms with Crippen molar-refractivity contribution in [2.45, 2.75) is 411 Å². The van der Waals surface area contributed by atoms with Crippen molar-refractivity contribution >= 4 is 11.9 Å². The van der Waals surface area contributed by atoms with Crippen LogP contribution in [-0.4, -0.2) is 47.4 Å². The monoisotopic (exact) mass is 1180 g/mol. The first-order valence-electron chi connectivity index (χ1n) is 37.6. The Balaban J connectivity index is 3.42. The van der Waals surface area contributed by atoms with E-state index in [-0.39, 0.29) is 18.5 Å². The second-order valence-electron chi connectivity index (χ2n) is 25.6. The summed E-state index contributed by atoms with van der Waals surface area (Å²) in [6.45, 7) is 4.91. The molecule has 0 rings (SSSR count). The van der Waals surface area contributed by atoms with E-state index < -0.39 is 12.1 Å². The maximum atomic E-state index is 12.5. The van der Waals surface area contributed by atoms with Crippen LogP contribution >= 0.6 is 0 Å². The molecule has 2 atom stereocenters. The van der Waals surface area contributed by atoms with Crippen LogP contribution in [-0.2, 0) is 14.3 Å². The Morgan fingerprint density at radius 3 is 0.917 bits per heavy atom. The van der Waals surface area contributed by atoms with Gasteiger partial charge in [0.2, 0.25) is 5.91 Å². The van der Waals surface area contributed by atoms with Crippen LogP contribution in [0.5, 0.6) is 0 Å². The van der Waals surface area contributed by atoms with E-state index in [0.717, 1.165) is 57.8 Å². The van der Waals surface area contributed by atoms with Gasteiger partial charge in [0.25, 0.3) is 0 Å². The Morgan fingerprint density at radius 2 is 0.595 bits per heavy atom. The van der Waals surface area contributed by atoms with Crippen molar-refractivity contribution in [1.29, 1.82) is 0 Å². The van der Waals surface area contributed by atoms with Gasteiger partial charge in [-0.3, -0.25) is 9.59 Å². The summed E-state index contributed by atoms with van der Waals surface area (Å²) in [6, 6.07) is -0.629. The van der Waals surface area contributed by atoms with Crippen LogP contribution in [0.1, 0.15) is 399 Å². The highest BCUT2D eigenvalue weighted by molar-refractivity contribution is 5.76. The highest BCUT2D eigenvalue weighted by atomic mass is 16.5. The highest BCUT2D eigenvalue weighted by Crippen LogP contribution is 2.18. The van der Waals surface area contributed by atoms with Crippen molar-refractivity contribution in [2.24, 2.45) is 0 Å². The molecule has 1 amide bonds. The van der Waals surface area contributed by atoms with Gasteiger partial charge in [-0.25, -0.2) is 0 Å². The van der Waals surface area contributed by atoms with Crippen LogP contribution in [0, 0.1) is 0 Å². The van der Waals surface area contributed by atoms with Gasteiger partial charge in [-0.2, -0.15) is 0 Å². The quantitative estimate of drug-likeness (QED) is 0.0320. The zero-order valence-corrected chi connectivity index (χ0v) is 56.4. The van der Waals surface area contributed by atoms with Crippen LogP contribution in [0.15, 0.2) is 60.8 Å². The first-order valence-corrected chi connectivity index (χ1v) is 37.6. The number of hydrogen-bond acceptors (Lipinski definition) is 5. The van der Waals surface area contributed by atoms with Gasteiger partial charge in [-0.15, -0.1) is 0 Å². The van der Waals surface area contributed by atoms with E-state index in [1.807, 2.05) is 6.08 Å². The van der Waals surface area contributed by atoms with Crippen molar-refractivity contribution in [3.8, 4) is 0 Å².